The minimum atomic E-state index is -3.31. The van der Waals surface area contributed by atoms with Crippen LogP contribution in [0.25, 0.3) is 0 Å². The molecule has 2 aliphatic heterocycles. The molecule has 0 spiro atoms. The van der Waals surface area contributed by atoms with Crippen LogP contribution in [0.4, 0.5) is 5.69 Å². The number of nitrogens with zero attached hydrogens (tertiary/aromatic N) is 4. The molecule has 0 atom stereocenters. The van der Waals surface area contributed by atoms with Gasteiger partial charge in [0.2, 0.25) is 21.8 Å². The van der Waals surface area contributed by atoms with Gasteiger partial charge in [0.25, 0.3) is 0 Å². The Morgan fingerprint density at radius 1 is 1.32 bits per heavy atom. The molecule has 2 saturated heterocycles. The lowest BCUT2D eigenvalue weighted by Gasteiger charge is -2.39. The monoisotopic (exact) mass is 369 g/mol. The minimum absolute atomic E-state index is 0.107. The van der Waals surface area contributed by atoms with Gasteiger partial charge in [0.15, 0.2) is 0 Å². The summed E-state index contributed by atoms with van der Waals surface area (Å²) in [5, 5.41) is 6.89. The van der Waals surface area contributed by atoms with Crippen LogP contribution in [0.15, 0.2) is 6.20 Å². The van der Waals surface area contributed by atoms with Gasteiger partial charge in [0, 0.05) is 26.7 Å². The van der Waals surface area contributed by atoms with Crippen LogP contribution < -0.4 is 5.32 Å². The number of carbonyl (C=O) groups excluding carboxylic acids is 2. The van der Waals surface area contributed by atoms with Crippen molar-refractivity contribution in [3.8, 4) is 0 Å². The molecule has 0 unspecified atom stereocenters. The molecule has 10 heteroatoms. The van der Waals surface area contributed by atoms with Crippen LogP contribution in [0.3, 0.4) is 0 Å². The number of aromatic nitrogens is 2. The summed E-state index contributed by atoms with van der Waals surface area (Å²) in [5.41, 5.74) is 1.52. The van der Waals surface area contributed by atoms with E-state index in [4.69, 9.17) is 0 Å². The smallest absolute Gasteiger partial charge is 0.237 e. The Kier molecular flexibility index (Phi) is 4.83. The highest BCUT2D eigenvalue weighted by Crippen LogP contribution is 2.21. The van der Waals surface area contributed by atoms with Crippen molar-refractivity contribution in [1.82, 2.24) is 19.0 Å². The molecule has 25 heavy (non-hydrogen) atoms. The standard InChI is InChI=1S/C15H23N5O4S/c1-11-13(7-16-18(11)2)17-15(22)12-8-19(9-12)14(21)10-20-5-3-4-6-25(20,23)24/h7,12H,3-6,8-10H2,1-2H3,(H,17,22). The van der Waals surface area contributed by atoms with Crippen molar-refractivity contribution in [1.29, 1.82) is 0 Å². The lowest BCUT2D eigenvalue weighted by atomic mass is 9.99. The highest BCUT2D eigenvalue weighted by atomic mass is 32.2. The van der Waals surface area contributed by atoms with Crippen molar-refractivity contribution < 1.29 is 18.0 Å². The highest BCUT2D eigenvalue weighted by molar-refractivity contribution is 7.89. The lowest BCUT2D eigenvalue weighted by molar-refractivity contribution is -0.141. The van der Waals surface area contributed by atoms with Crippen LogP contribution in [-0.4, -0.2) is 71.1 Å². The Labute approximate surface area is 147 Å². The molecule has 2 amide bonds. The Hall–Kier alpha value is -1.94. The van der Waals surface area contributed by atoms with Gasteiger partial charge >= 0.3 is 0 Å². The minimum Gasteiger partial charge on any atom is -0.340 e. The second-order valence-electron chi connectivity index (χ2n) is 6.61. The Balaban J connectivity index is 1.49. The van der Waals surface area contributed by atoms with E-state index in [1.165, 1.54) is 9.21 Å². The summed E-state index contributed by atoms with van der Waals surface area (Å²) in [4.78, 5) is 26.0. The molecule has 1 aromatic rings. The van der Waals surface area contributed by atoms with Gasteiger partial charge in [-0.2, -0.15) is 9.40 Å². The van der Waals surface area contributed by atoms with Crippen LogP contribution in [0.1, 0.15) is 18.5 Å². The van der Waals surface area contributed by atoms with E-state index in [-0.39, 0.29) is 30.0 Å². The van der Waals surface area contributed by atoms with Crippen molar-refractivity contribution in [3.63, 3.8) is 0 Å². The second-order valence-corrected chi connectivity index (χ2v) is 8.70. The first-order valence-corrected chi connectivity index (χ1v) is 9.94. The number of rotatable bonds is 4. The van der Waals surface area contributed by atoms with Gasteiger partial charge in [-0.1, -0.05) is 0 Å². The molecule has 2 aliphatic rings. The van der Waals surface area contributed by atoms with Crippen LogP contribution in [0.2, 0.25) is 0 Å². The molecule has 1 aromatic heterocycles. The SMILES string of the molecule is Cc1c(NC(=O)C2CN(C(=O)CN3CCCCS3(=O)=O)C2)cnn1C. The predicted molar refractivity (Wildman–Crippen MR) is 91.2 cm³/mol. The van der Waals surface area contributed by atoms with E-state index in [2.05, 4.69) is 10.4 Å². The first-order valence-electron chi connectivity index (χ1n) is 8.33. The molecule has 0 radical (unpaired) electrons. The number of aryl methyl sites for hydroxylation is 1. The number of anilines is 1. The Morgan fingerprint density at radius 2 is 2.04 bits per heavy atom. The highest BCUT2D eigenvalue weighted by Gasteiger charge is 2.38. The number of sulfonamides is 1. The van der Waals surface area contributed by atoms with Gasteiger partial charge in [-0.25, -0.2) is 8.42 Å². The summed E-state index contributed by atoms with van der Waals surface area (Å²) in [6, 6.07) is 0. The molecule has 3 heterocycles. The number of hydrogen-bond acceptors (Lipinski definition) is 5. The number of nitrogens with one attached hydrogen (secondary N) is 1. The van der Waals surface area contributed by atoms with Gasteiger partial charge in [-0.05, 0) is 19.8 Å². The van der Waals surface area contributed by atoms with Crippen LogP contribution >= 0.6 is 0 Å². The van der Waals surface area contributed by atoms with Crippen molar-refractivity contribution in [2.75, 3.05) is 37.2 Å². The van der Waals surface area contributed by atoms with Gasteiger partial charge in [-0.3, -0.25) is 14.3 Å². The molecule has 1 N–H and O–H groups in total. The molecule has 9 nitrogen and oxygen atoms in total. The van der Waals surface area contributed by atoms with E-state index in [1.807, 2.05) is 6.92 Å². The van der Waals surface area contributed by atoms with Crippen LogP contribution in [-0.2, 0) is 26.7 Å². The van der Waals surface area contributed by atoms with E-state index in [0.29, 0.717) is 31.7 Å². The van der Waals surface area contributed by atoms with Gasteiger partial charge in [0.05, 0.1) is 35.8 Å². The molecule has 0 aliphatic carbocycles. The third-order valence-corrected chi connectivity index (χ3v) is 6.77. The maximum Gasteiger partial charge on any atom is 0.237 e. The van der Waals surface area contributed by atoms with E-state index in [0.717, 1.165) is 12.1 Å². The summed E-state index contributed by atoms with van der Waals surface area (Å²) in [7, 11) is -1.52. The molecule has 3 rings (SSSR count). The van der Waals surface area contributed by atoms with Crippen molar-refractivity contribution in [2.24, 2.45) is 13.0 Å². The Bertz CT molecular complexity index is 782. The van der Waals surface area contributed by atoms with Crippen molar-refractivity contribution in [3.05, 3.63) is 11.9 Å². The topological polar surface area (TPSA) is 105 Å². The molecular formula is C15H23N5O4S. The van der Waals surface area contributed by atoms with Crippen LogP contribution in [0.5, 0.6) is 0 Å². The number of hydrogen-bond donors (Lipinski definition) is 1. The van der Waals surface area contributed by atoms with Gasteiger partial charge < -0.3 is 10.2 Å². The summed E-state index contributed by atoms with van der Waals surface area (Å²) in [5.74, 6) is -0.560. The third-order valence-electron chi connectivity index (χ3n) is 4.86. The zero-order chi connectivity index (χ0) is 18.2. The number of amides is 2. The molecule has 0 aromatic carbocycles. The zero-order valence-corrected chi connectivity index (χ0v) is 15.3. The van der Waals surface area contributed by atoms with Crippen LogP contribution in [0, 0.1) is 12.8 Å². The second kappa shape index (κ2) is 6.75. The van der Waals surface area contributed by atoms with Gasteiger partial charge in [0.1, 0.15) is 0 Å². The average Bonchev–Trinajstić information content (AvgIpc) is 2.80. The van der Waals surface area contributed by atoms with E-state index in [9.17, 15) is 18.0 Å². The predicted octanol–water partition coefficient (Wildman–Crippen LogP) is -0.449. The lowest BCUT2D eigenvalue weighted by Crippen LogP contribution is -2.57. The maximum atomic E-state index is 12.2. The number of carbonyl (C=O) groups is 2. The summed E-state index contributed by atoms with van der Waals surface area (Å²) < 4.78 is 26.8. The molecule has 0 saturated carbocycles. The first-order chi connectivity index (χ1) is 11.8. The van der Waals surface area contributed by atoms with E-state index >= 15 is 0 Å². The van der Waals surface area contributed by atoms with E-state index < -0.39 is 10.0 Å². The fraction of sp³-hybridized carbons (Fsp3) is 0.667. The zero-order valence-electron chi connectivity index (χ0n) is 14.4. The van der Waals surface area contributed by atoms with Gasteiger partial charge in [-0.15, -0.1) is 0 Å². The summed E-state index contributed by atoms with van der Waals surface area (Å²) in [6.45, 7) is 2.76. The maximum absolute atomic E-state index is 12.2. The molecule has 2 fully saturated rings. The summed E-state index contributed by atoms with van der Waals surface area (Å²) >= 11 is 0. The van der Waals surface area contributed by atoms with Crippen molar-refractivity contribution >= 4 is 27.5 Å². The quantitative estimate of drug-likeness (QED) is 0.774. The molecule has 0 bridgehead atoms. The molecular weight excluding hydrogens is 346 g/mol. The van der Waals surface area contributed by atoms with Crippen molar-refractivity contribution in [2.45, 2.75) is 19.8 Å². The largest absolute Gasteiger partial charge is 0.340 e. The molecule has 138 valence electrons. The third kappa shape index (κ3) is 3.69. The fourth-order valence-electron chi connectivity index (χ4n) is 2.97. The van der Waals surface area contributed by atoms with E-state index in [1.54, 1.807) is 17.9 Å². The fourth-order valence-corrected chi connectivity index (χ4v) is 4.51. The summed E-state index contributed by atoms with van der Waals surface area (Å²) in [6.07, 6.45) is 3.02. The average molecular weight is 369 g/mol. The first kappa shape index (κ1) is 17.9. The number of likely N-dealkylation sites (tertiary alicyclic amines) is 1. The normalized spacial score (nSPS) is 21.0. The Morgan fingerprint density at radius 3 is 2.64 bits per heavy atom.